The maximum absolute atomic E-state index is 11.5. The quantitative estimate of drug-likeness (QED) is 0.549. The standard InChI is InChI=1S/C11H13IN2O4/c1-18-5-4-13-11(17)14-9-3-2-7(12)6-8(9)10(15)16/h2-3,6H,4-5H2,1H3,(H,15,16)(H2,13,14,17). The maximum Gasteiger partial charge on any atom is 0.337 e. The van der Waals surface area contributed by atoms with Crippen LogP contribution >= 0.6 is 22.6 Å². The highest BCUT2D eigenvalue weighted by Crippen LogP contribution is 2.18. The lowest BCUT2D eigenvalue weighted by Gasteiger charge is -2.10. The fraction of sp³-hybridized carbons (Fsp3) is 0.273. The predicted octanol–water partition coefficient (Wildman–Crippen LogP) is 1.76. The fourth-order valence-corrected chi connectivity index (χ4v) is 1.73. The number of carbonyl (C=O) groups is 2. The molecule has 0 atom stereocenters. The van der Waals surface area contributed by atoms with Gasteiger partial charge >= 0.3 is 12.0 Å². The minimum absolute atomic E-state index is 0.0591. The second-order valence-corrected chi connectivity index (χ2v) is 4.61. The number of nitrogens with one attached hydrogen (secondary N) is 2. The Morgan fingerprint density at radius 3 is 2.78 bits per heavy atom. The van der Waals surface area contributed by atoms with Crippen LogP contribution in [0.25, 0.3) is 0 Å². The van der Waals surface area contributed by atoms with Gasteiger partial charge in [-0.05, 0) is 40.8 Å². The van der Waals surface area contributed by atoms with Gasteiger partial charge in [-0.25, -0.2) is 9.59 Å². The summed E-state index contributed by atoms with van der Waals surface area (Å²) >= 11 is 2.01. The number of benzene rings is 1. The van der Waals surface area contributed by atoms with Crippen molar-refractivity contribution in [3.8, 4) is 0 Å². The average Bonchev–Trinajstić information content (AvgIpc) is 2.31. The highest BCUT2D eigenvalue weighted by Gasteiger charge is 2.12. The van der Waals surface area contributed by atoms with E-state index in [0.29, 0.717) is 13.2 Å². The van der Waals surface area contributed by atoms with E-state index in [-0.39, 0.29) is 11.3 Å². The molecule has 0 unspecified atom stereocenters. The van der Waals surface area contributed by atoms with Gasteiger partial charge in [-0.1, -0.05) is 0 Å². The van der Waals surface area contributed by atoms with Gasteiger partial charge in [0.25, 0.3) is 0 Å². The van der Waals surface area contributed by atoms with Crippen molar-refractivity contribution in [3.63, 3.8) is 0 Å². The number of hydrogen-bond acceptors (Lipinski definition) is 3. The Morgan fingerprint density at radius 1 is 1.44 bits per heavy atom. The first-order valence-corrected chi connectivity index (χ1v) is 6.19. The van der Waals surface area contributed by atoms with Crippen LogP contribution in [-0.4, -0.2) is 37.4 Å². The number of urea groups is 1. The summed E-state index contributed by atoms with van der Waals surface area (Å²) in [5.41, 5.74) is 0.321. The van der Waals surface area contributed by atoms with Crippen molar-refractivity contribution >= 4 is 40.3 Å². The summed E-state index contributed by atoms with van der Waals surface area (Å²) in [6.07, 6.45) is 0. The van der Waals surface area contributed by atoms with E-state index in [9.17, 15) is 9.59 Å². The first-order chi connectivity index (χ1) is 8.54. The molecule has 7 heteroatoms. The molecule has 0 aliphatic rings. The Balaban J connectivity index is 2.72. The third-order valence-corrected chi connectivity index (χ3v) is 2.72. The minimum atomic E-state index is -1.08. The monoisotopic (exact) mass is 364 g/mol. The molecule has 1 aromatic rings. The Labute approximate surface area is 118 Å². The zero-order chi connectivity index (χ0) is 13.5. The summed E-state index contributed by atoms with van der Waals surface area (Å²) < 4.78 is 5.57. The van der Waals surface area contributed by atoms with E-state index in [1.165, 1.54) is 13.2 Å². The highest BCUT2D eigenvalue weighted by molar-refractivity contribution is 14.1. The molecule has 0 aromatic heterocycles. The van der Waals surface area contributed by atoms with Crippen molar-refractivity contribution in [3.05, 3.63) is 27.3 Å². The number of aromatic carboxylic acids is 1. The number of carboxylic acids is 1. The van der Waals surface area contributed by atoms with Crippen molar-refractivity contribution in [1.29, 1.82) is 0 Å². The van der Waals surface area contributed by atoms with Crippen molar-refractivity contribution in [2.24, 2.45) is 0 Å². The number of amides is 2. The molecule has 2 amide bonds. The number of carbonyl (C=O) groups excluding carboxylic acids is 1. The topological polar surface area (TPSA) is 87.7 Å². The molecule has 0 bridgehead atoms. The Hall–Kier alpha value is -1.35. The van der Waals surface area contributed by atoms with Gasteiger partial charge < -0.3 is 20.5 Å². The molecule has 0 fully saturated rings. The summed E-state index contributed by atoms with van der Waals surface area (Å²) in [4.78, 5) is 22.5. The predicted molar refractivity (Wildman–Crippen MR) is 75.0 cm³/mol. The largest absolute Gasteiger partial charge is 0.478 e. The van der Waals surface area contributed by atoms with Gasteiger partial charge in [0.15, 0.2) is 0 Å². The summed E-state index contributed by atoms with van der Waals surface area (Å²) in [6.45, 7) is 0.751. The Kier molecular flexibility index (Phi) is 5.86. The van der Waals surface area contributed by atoms with Gasteiger partial charge in [-0.2, -0.15) is 0 Å². The number of hydrogen-bond donors (Lipinski definition) is 3. The fourth-order valence-electron chi connectivity index (χ4n) is 1.24. The second-order valence-electron chi connectivity index (χ2n) is 3.37. The lowest BCUT2D eigenvalue weighted by molar-refractivity contribution is 0.0698. The molecule has 1 aromatic carbocycles. The lowest BCUT2D eigenvalue weighted by atomic mass is 10.2. The molecule has 0 spiro atoms. The van der Waals surface area contributed by atoms with Crippen LogP contribution in [0.5, 0.6) is 0 Å². The van der Waals surface area contributed by atoms with Gasteiger partial charge in [0, 0.05) is 17.2 Å². The van der Waals surface area contributed by atoms with E-state index < -0.39 is 12.0 Å². The maximum atomic E-state index is 11.5. The molecule has 98 valence electrons. The van der Waals surface area contributed by atoms with Crippen LogP contribution in [-0.2, 0) is 4.74 Å². The first-order valence-electron chi connectivity index (χ1n) is 5.11. The smallest absolute Gasteiger partial charge is 0.337 e. The zero-order valence-electron chi connectivity index (χ0n) is 9.70. The highest BCUT2D eigenvalue weighted by atomic mass is 127. The molecule has 18 heavy (non-hydrogen) atoms. The van der Waals surface area contributed by atoms with Crippen LogP contribution in [0.2, 0.25) is 0 Å². The van der Waals surface area contributed by atoms with Crippen LogP contribution in [0.1, 0.15) is 10.4 Å². The minimum Gasteiger partial charge on any atom is -0.478 e. The molecule has 0 aliphatic carbocycles. The van der Waals surface area contributed by atoms with Crippen molar-refractivity contribution in [1.82, 2.24) is 5.32 Å². The molecule has 0 radical (unpaired) electrons. The van der Waals surface area contributed by atoms with E-state index in [2.05, 4.69) is 10.6 Å². The van der Waals surface area contributed by atoms with E-state index in [1.54, 1.807) is 12.1 Å². The van der Waals surface area contributed by atoms with Crippen LogP contribution in [0, 0.1) is 3.57 Å². The number of ether oxygens (including phenoxy) is 1. The Bertz CT molecular complexity index is 451. The molecule has 6 nitrogen and oxygen atoms in total. The number of halogens is 1. The first kappa shape index (κ1) is 14.7. The van der Waals surface area contributed by atoms with E-state index in [0.717, 1.165) is 3.57 Å². The van der Waals surface area contributed by atoms with E-state index in [4.69, 9.17) is 9.84 Å². The van der Waals surface area contributed by atoms with Crippen molar-refractivity contribution in [2.75, 3.05) is 25.6 Å². The van der Waals surface area contributed by atoms with Crippen molar-refractivity contribution < 1.29 is 19.4 Å². The van der Waals surface area contributed by atoms with Crippen LogP contribution < -0.4 is 10.6 Å². The summed E-state index contributed by atoms with van der Waals surface area (Å²) in [5.74, 6) is -1.08. The van der Waals surface area contributed by atoms with Gasteiger partial charge in [-0.15, -0.1) is 0 Å². The summed E-state index contributed by atoms with van der Waals surface area (Å²) in [7, 11) is 1.53. The average molecular weight is 364 g/mol. The third-order valence-electron chi connectivity index (χ3n) is 2.05. The van der Waals surface area contributed by atoms with Crippen molar-refractivity contribution in [2.45, 2.75) is 0 Å². The normalized spacial score (nSPS) is 9.89. The number of methoxy groups -OCH3 is 1. The number of carboxylic acid groups (broad SMARTS) is 1. The second kappa shape index (κ2) is 7.17. The summed E-state index contributed by atoms with van der Waals surface area (Å²) in [5, 5.41) is 14.1. The van der Waals surface area contributed by atoms with Gasteiger partial charge in [-0.3, -0.25) is 0 Å². The molecular weight excluding hydrogens is 351 g/mol. The molecule has 0 saturated heterocycles. The summed E-state index contributed by atoms with van der Waals surface area (Å²) in [6, 6.07) is 4.31. The third kappa shape index (κ3) is 4.49. The van der Waals surface area contributed by atoms with Gasteiger partial charge in [0.2, 0.25) is 0 Å². The molecule has 0 heterocycles. The molecule has 0 aliphatic heterocycles. The van der Waals surface area contributed by atoms with E-state index >= 15 is 0 Å². The molecule has 3 N–H and O–H groups in total. The van der Waals surface area contributed by atoms with Crippen LogP contribution in [0.3, 0.4) is 0 Å². The van der Waals surface area contributed by atoms with Crippen LogP contribution in [0.15, 0.2) is 18.2 Å². The number of rotatable bonds is 5. The van der Waals surface area contributed by atoms with E-state index in [1.807, 2.05) is 22.6 Å². The van der Waals surface area contributed by atoms with Crippen LogP contribution in [0.4, 0.5) is 10.5 Å². The van der Waals surface area contributed by atoms with Gasteiger partial charge in [0.05, 0.1) is 17.9 Å². The Morgan fingerprint density at radius 2 is 2.17 bits per heavy atom. The zero-order valence-corrected chi connectivity index (χ0v) is 11.9. The molecular formula is C11H13IN2O4. The molecule has 0 saturated carbocycles. The number of anilines is 1. The van der Waals surface area contributed by atoms with Gasteiger partial charge in [0.1, 0.15) is 0 Å². The SMILES string of the molecule is COCCNC(=O)Nc1ccc(I)cc1C(=O)O. The lowest BCUT2D eigenvalue weighted by Crippen LogP contribution is -2.31. The molecule has 1 rings (SSSR count).